The minimum atomic E-state index is -0.368. The van der Waals surface area contributed by atoms with Crippen molar-refractivity contribution < 1.29 is 19.1 Å². The van der Waals surface area contributed by atoms with Gasteiger partial charge in [-0.1, -0.05) is 28.1 Å². The Balaban J connectivity index is 1.39. The van der Waals surface area contributed by atoms with E-state index in [9.17, 15) is 14.4 Å². The molecule has 3 rings (SSSR count). The third-order valence-corrected chi connectivity index (χ3v) is 5.17. The number of ether oxygens (including phenoxy) is 1. The highest BCUT2D eigenvalue weighted by atomic mass is 79.9. The first-order chi connectivity index (χ1) is 14.5. The molecule has 1 heterocycles. The number of hydrogen-bond donors (Lipinski definition) is 3. The first-order valence-electron chi connectivity index (χ1n) is 9.83. The molecule has 0 bridgehead atoms. The SMILES string of the molecule is O=C(Cc1ccc(Br)cc1)Nc1ccc(C(=O)NCCNC(=O)C2CCCO2)cc1. The standard InChI is InChI=1S/C22H24BrN3O4/c23-17-7-3-15(4-8-17)14-20(27)26-18-9-5-16(6-10-18)21(28)24-11-12-25-22(29)19-2-1-13-30-19/h3-10,19H,1-2,11-14H2,(H,24,28)(H,25,29)(H,26,27). The molecule has 1 aliphatic rings. The number of nitrogens with one attached hydrogen (secondary N) is 3. The average molecular weight is 474 g/mol. The van der Waals surface area contributed by atoms with E-state index in [1.165, 1.54) is 0 Å². The number of hydrogen-bond acceptors (Lipinski definition) is 4. The van der Waals surface area contributed by atoms with Crippen LogP contribution in [0.1, 0.15) is 28.8 Å². The second-order valence-electron chi connectivity index (χ2n) is 6.98. The van der Waals surface area contributed by atoms with Crippen LogP contribution in [0.3, 0.4) is 0 Å². The molecule has 0 aromatic heterocycles. The molecule has 1 atom stereocenters. The van der Waals surface area contributed by atoms with Crippen molar-refractivity contribution in [3.05, 3.63) is 64.1 Å². The Morgan fingerprint density at radius 2 is 1.67 bits per heavy atom. The van der Waals surface area contributed by atoms with Gasteiger partial charge in [0.1, 0.15) is 6.10 Å². The van der Waals surface area contributed by atoms with Gasteiger partial charge in [-0.3, -0.25) is 14.4 Å². The molecule has 2 aromatic rings. The van der Waals surface area contributed by atoms with Gasteiger partial charge in [-0.2, -0.15) is 0 Å². The molecule has 1 fully saturated rings. The third kappa shape index (κ3) is 6.67. The number of rotatable bonds is 8. The van der Waals surface area contributed by atoms with Crippen molar-refractivity contribution >= 4 is 39.3 Å². The Hall–Kier alpha value is -2.71. The topological polar surface area (TPSA) is 96.5 Å². The lowest BCUT2D eigenvalue weighted by Crippen LogP contribution is -2.39. The monoisotopic (exact) mass is 473 g/mol. The summed E-state index contributed by atoms with van der Waals surface area (Å²) in [4.78, 5) is 36.2. The Bertz CT molecular complexity index is 878. The number of carbonyl (C=O) groups is 3. The van der Waals surface area contributed by atoms with Gasteiger partial charge in [-0.15, -0.1) is 0 Å². The van der Waals surface area contributed by atoms with E-state index in [4.69, 9.17) is 4.74 Å². The zero-order chi connectivity index (χ0) is 21.3. The van der Waals surface area contributed by atoms with E-state index in [1.54, 1.807) is 24.3 Å². The second-order valence-corrected chi connectivity index (χ2v) is 7.89. The molecule has 1 saturated heterocycles. The predicted octanol–water partition coefficient (Wildman–Crippen LogP) is 2.66. The average Bonchev–Trinajstić information content (AvgIpc) is 3.28. The summed E-state index contributed by atoms with van der Waals surface area (Å²) in [5.74, 6) is -0.504. The van der Waals surface area contributed by atoms with E-state index in [2.05, 4.69) is 31.9 Å². The maximum absolute atomic E-state index is 12.2. The summed E-state index contributed by atoms with van der Waals surface area (Å²) in [6, 6.07) is 14.2. The van der Waals surface area contributed by atoms with Gasteiger partial charge in [0, 0.05) is 35.4 Å². The van der Waals surface area contributed by atoms with Gasteiger partial charge < -0.3 is 20.7 Å². The maximum Gasteiger partial charge on any atom is 0.251 e. The van der Waals surface area contributed by atoms with Crippen molar-refractivity contribution in [1.82, 2.24) is 10.6 Å². The molecule has 0 saturated carbocycles. The lowest BCUT2D eigenvalue weighted by Gasteiger charge is -2.11. The van der Waals surface area contributed by atoms with Crippen LogP contribution in [-0.2, 0) is 20.7 Å². The van der Waals surface area contributed by atoms with Gasteiger partial charge in [-0.05, 0) is 54.8 Å². The summed E-state index contributed by atoms with van der Waals surface area (Å²) < 4.78 is 6.27. The molecule has 2 aromatic carbocycles. The van der Waals surface area contributed by atoms with Crippen molar-refractivity contribution in [2.24, 2.45) is 0 Å². The van der Waals surface area contributed by atoms with Crippen LogP contribution >= 0.6 is 15.9 Å². The molecule has 3 amide bonds. The van der Waals surface area contributed by atoms with E-state index >= 15 is 0 Å². The summed E-state index contributed by atoms with van der Waals surface area (Å²) in [5.41, 5.74) is 2.02. The second kappa shape index (κ2) is 10.9. The fourth-order valence-corrected chi connectivity index (χ4v) is 3.32. The molecule has 0 radical (unpaired) electrons. The highest BCUT2D eigenvalue weighted by molar-refractivity contribution is 9.10. The molecule has 0 spiro atoms. The van der Waals surface area contributed by atoms with Crippen LogP contribution in [0.15, 0.2) is 53.0 Å². The van der Waals surface area contributed by atoms with Crippen molar-refractivity contribution in [3.8, 4) is 0 Å². The number of amides is 3. The number of carbonyl (C=O) groups excluding carboxylic acids is 3. The van der Waals surface area contributed by atoms with Gasteiger partial charge in [-0.25, -0.2) is 0 Å². The quantitative estimate of drug-likeness (QED) is 0.513. The molecule has 30 heavy (non-hydrogen) atoms. The van der Waals surface area contributed by atoms with Gasteiger partial charge in [0.05, 0.1) is 6.42 Å². The van der Waals surface area contributed by atoms with Crippen LogP contribution in [0.5, 0.6) is 0 Å². The minimum Gasteiger partial charge on any atom is -0.368 e. The molecule has 7 nitrogen and oxygen atoms in total. The Labute approximate surface area is 183 Å². The normalized spacial score (nSPS) is 15.4. The lowest BCUT2D eigenvalue weighted by atomic mass is 10.1. The van der Waals surface area contributed by atoms with Gasteiger partial charge in [0.2, 0.25) is 11.8 Å². The Kier molecular flexibility index (Phi) is 7.98. The fourth-order valence-electron chi connectivity index (χ4n) is 3.06. The molecule has 1 aliphatic heterocycles. The lowest BCUT2D eigenvalue weighted by molar-refractivity contribution is -0.130. The largest absolute Gasteiger partial charge is 0.368 e. The highest BCUT2D eigenvalue weighted by Crippen LogP contribution is 2.13. The van der Waals surface area contributed by atoms with Crippen molar-refractivity contribution in [1.29, 1.82) is 0 Å². The summed E-state index contributed by atoms with van der Waals surface area (Å²) >= 11 is 3.37. The molecule has 3 N–H and O–H groups in total. The minimum absolute atomic E-state index is 0.128. The summed E-state index contributed by atoms with van der Waals surface area (Å²) in [7, 11) is 0. The van der Waals surface area contributed by atoms with Gasteiger partial charge in [0.25, 0.3) is 5.91 Å². The number of anilines is 1. The molecular weight excluding hydrogens is 450 g/mol. The van der Waals surface area contributed by atoms with E-state index in [-0.39, 0.29) is 30.2 Å². The molecule has 0 aliphatic carbocycles. The molecular formula is C22H24BrN3O4. The number of benzene rings is 2. The summed E-state index contributed by atoms with van der Waals surface area (Å²) in [6.45, 7) is 1.28. The van der Waals surface area contributed by atoms with Crippen molar-refractivity contribution in [2.45, 2.75) is 25.4 Å². The van der Waals surface area contributed by atoms with E-state index in [1.807, 2.05) is 24.3 Å². The zero-order valence-electron chi connectivity index (χ0n) is 16.4. The highest BCUT2D eigenvalue weighted by Gasteiger charge is 2.22. The zero-order valence-corrected chi connectivity index (χ0v) is 18.0. The van der Waals surface area contributed by atoms with Crippen molar-refractivity contribution in [2.75, 3.05) is 25.0 Å². The maximum atomic E-state index is 12.2. The third-order valence-electron chi connectivity index (χ3n) is 4.64. The van der Waals surface area contributed by atoms with E-state index in [0.717, 1.165) is 22.9 Å². The Morgan fingerprint density at radius 3 is 2.33 bits per heavy atom. The van der Waals surface area contributed by atoms with Crippen LogP contribution in [0.4, 0.5) is 5.69 Å². The number of halogens is 1. The fraction of sp³-hybridized carbons (Fsp3) is 0.318. The molecule has 8 heteroatoms. The predicted molar refractivity (Wildman–Crippen MR) is 117 cm³/mol. The molecule has 1 unspecified atom stereocenters. The summed E-state index contributed by atoms with van der Waals surface area (Å²) in [5, 5.41) is 8.33. The van der Waals surface area contributed by atoms with E-state index in [0.29, 0.717) is 30.9 Å². The van der Waals surface area contributed by atoms with Crippen LogP contribution in [0.25, 0.3) is 0 Å². The van der Waals surface area contributed by atoms with Gasteiger partial charge >= 0.3 is 0 Å². The van der Waals surface area contributed by atoms with Crippen LogP contribution in [0.2, 0.25) is 0 Å². The van der Waals surface area contributed by atoms with Gasteiger partial charge in [0.15, 0.2) is 0 Å². The first-order valence-corrected chi connectivity index (χ1v) is 10.6. The van der Waals surface area contributed by atoms with Crippen LogP contribution < -0.4 is 16.0 Å². The van der Waals surface area contributed by atoms with Crippen LogP contribution in [-0.4, -0.2) is 43.5 Å². The Morgan fingerprint density at radius 1 is 0.967 bits per heavy atom. The van der Waals surface area contributed by atoms with Crippen LogP contribution in [0, 0.1) is 0 Å². The van der Waals surface area contributed by atoms with E-state index < -0.39 is 0 Å². The summed E-state index contributed by atoms with van der Waals surface area (Å²) in [6.07, 6.45) is 1.54. The molecule has 158 valence electrons. The first kappa shape index (κ1) is 22.0. The smallest absolute Gasteiger partial charge is 0.251 e. The van der Waals surface area contributed by atoms with Crippen molar-refractivity contribution in [3.63, 3.8) is 0 Å².